The van der Waals surface area contributed by atoms with Crippen molar-refractivity contribution in [1.82, 2.24) is 0 Å². The Balaban J connectivity index is 4.95. The number of methoxy groups -OCH3 is 2. The topological polar surface area (TPSA) is 52.6 Å². The van der Waals surface area contributed by atoms with Gasteiger partial charge in [-0.3, -0.25) is 9.59 Å². The van der Waals surface area contributed by atoms with Crippen LogP contribution < -0.4 is 0 Å². The van der Waals surface area contributed by atoms with Crippen LogP contribution in [0.1, 0.15) is 39.5 Å². The molecule has 0 amide bonds. The van der Waals surface area contributed by atoms with Gasteiger partial charge < -0.3 is 9.47 Å². The number of esters is 2. The first kappa shape index (κ1) is 16.7. The fraction of sp³-hybridized carbons (Fsp3) is 0.714. The molecule has 0 aromatic rings. The highest BCUT2D eigenvalue weighted by atomic mass is 16.5. The second-order valence-electron chi connectivity index (χ2n) is 4.19. The molecule has 0 aromatic carbocycles. The molecular formula is C14H24O4. The maximum Gasteiger partial charge on any atom is 0.320 e. The molecule has 1 atom stereocenters. The first-order valence-corrected chi connectivity index (χ1v) is 6.44. The average Bonchev–Trinajstić information content (AvgIpc) is 2.38. The molecule has 104 valence electrons. The lowest BCUT2D eigenvalue weighted by Gasteiger charge is -2.20. The quantitative estimate of drug-likeness (QED) is 0.380. The summed E-state index contributed by atoms with van der Waals surface area (Å²) in [4.78, 5) is 23.4. The predicted molar refractivity (Wildman–Crippen MR) is 70.0 cm³/mol. The number of ether oxygens (including phenoxy) is 2. The summed E-state index contributed by atoms with van der Waals surface area (Å²) in [6.45, 7) is 4.10. The van der Waals surface area contributed by atoms with Crippen LogP contribution in [0, 0.1) is 11.8 Å². The Morgan fingerprint density at radius 2 is 1.61 bits per heavy atom. The lowest BCUT2D eigenvalue weighted by atomic mass is 9.87. The van der Waals surface area contributed by atoms with Gasteiger partial charge in [-0.25, -0.2) is 0 Å². The number of hydrogen-bond donors (Lipinski definition) is 0. The lowest BCUT2D eigenvalue weighted by Crippen LogP contribution is -2.32. The molecular weight excluding hydrogens is 232 g/mol. The van der Waals surface area contributed by atoms with E-state index in [2.05, 4.69) is 6.92 Å². The molecule has 0 saturated carbocycles. The second-order valence-corrected chi connectivity index (χ2v) is 4.19. The molecule has 0 aliphatic heterocycles. The van der Waals surface area contributed by atoms with Crippen LogP contribution in [0.2, 0.25) is 0 Å². The molecule has 0 unspecified atom stereocenters. The van der Waals surface area contributed by atoms with Crippen LogP contribution in [0.5, 0.6) is 0 Å². The molecule has 0 saturated heterocycles. The molecule has 0 fully saturated rings. The summed E-state index contributed by atoms with van der Waals surface area (Å²) in [7, 11) is 2.58. The van der Waals surface area contributed by atoms with E-state index in [0.29, 0.717) is 0 Å². The Hall–Kier alpha value is -1.32. The van der Waals surface area contributed by atoms with Gasteiger partial charge in [-0.05, 0) is 12.8 Å². The van der Waals surface area contributed by atoms with E-state index in [0.717, 1.165) is 25.7 Å². The van der Waals surface area contributed by atoms with Gasteiger partial charge in [-0.1, -0.05) is 38.8 Å². The van der Waals surface area contributed by atoms with Crippen LogP contribution in [-0.2, 0) is 19.1 Å². The van der Waals surface area contributed by atoms with Crippen LogP contribution in [0.25, 0.3) is 0 Å². The van der Waals surface area contributed by atoms with Crippen molar-refractivity contribution in [3.8, 4) is 0 Å². The van der Waals surface area contributed by atoms with Crippen molar-refractivity contribution in [2.24, 2.45) is 11.8 Å². The van der Waals surface area contributed by atoms with E-state index < -0.39 is 17.9 Å². The van der Waals surface area contributed by atoms with Crippen molar-refractivity contribution in [2.45, 2.75) is 39.5 Å². The number of unbranched alkanes of at least 4 members (excludes halogenated alkanes) is 1. The minimum atomic E-state index is -0.854. The molecule has 0 N–H and O–H groups in total. The van der Waals surface area contributed by atoms with Crippen molar-refractivity contribution in [2.75, 3.05) is 14.2 Å². The number of carbonyl (C=O) groups excluding carboxylic acids is 2. The molecule has 18 heavy (non-hydrogen) atoms. The van der Waals surface area contributed by atoms with Crippen LogP contribution in [0.15, 0.2) is 12.2 Å². The van der Waals surface area contributed by atoms with Crippen LogP contribution >= 0.6 is 0 Å². The summed E-state index contributed by atoms with van der Waals surface area (Å²) >= 11 is 0. The first-order chi connectivity index (χ1) is 8.62. The lowest BCUT2D eigenvalue weighted by molar-refractivity contribution is -0.160. The van der Waals surface area contributed by atoms with Crippen LogP contribution in [-0.4, -0.2) is 26.2 Å². The molecule has 0 bridgehead atoms. The van der Waals surface area contributed by atoms with E-state index in [1.165, 1.54) is 14.2 Å². The highest BCUT2D eigenvalue weighted by molar-refractivity contribution is 5.95. The zero-order chi connectivity index (χ0) is 14.0. The van der Waals surface area contributed by atoms with Gasteiger partial charge in [0.1, 0.15) is 0 Å². The smallest absolute Gasteiger partial charge is 0.320 e. The zero-order valence-electron chi connectivity index (χ0n) is 11.8. The Kier molecular flexibility index (Phi) is 8.97. The van der Waals surface area contributed by atoms with Crippen molar-refractivity contribution in [3.63, 3.8) is 0 Å². The highest BCUT2D eigenvalue weighted by Crippen LogP contribution is 2.22. The Bertz CT molecular complexity index is 268. The van der Waals surface area contributed by atoms with E-state index in [4.69, 9.17) is 9.47 Å². The SMILES string of the molecule is CCC/C=C/[C@H](CCC)C(C(=O)OC)C(=O)OC. The summed E-state index contributed by atoms with van der Waals surface area (Å²) in [6.07, 6.45) is 7.58. The molecule has 0 spiro atoms. The van der Waals surface area contributed by atoms with Crippen molar-refractivity contribution in [3.05, 3.63) is 12.2 Å². The average molecular weight is 256 g/mol. The summed E-state index contributed by atoms with van der Waals surface area (Å²) in [5, 5.41) is 0. The van der Waals surface area contributed by atoms with Gasteiger partial charge in [0.2, 0.25) is 0 Å². The highest BCUT2D eigenvalue weighted by Gasteiger charge is 2.34. The normalized spacial score (nSPS) is 12.7. The number of hydrogen-bond acceptors (Lipinski definition) is 4. The number of carbonyl (C=O) groups is 2. The summed E-state index contributed by atoms with van der Waals surface area (Å²) in [5.41, 5.74) is 0. The van der Waals surface area contributed by atoms with E-state index in [1.54, 1.807) is 0 Å². The maximum atomic E-state index is 11.7. The van der Waals surface area contributed by atoms with E-state index >= 15 is 0 Å². The summed E-state index contributed by atoms with van der Waals surface area (Å²) in [5.74, 6) is -2.06. The second kappa shape index (κ2) is 9.68. The van der Waals surface area contributed by atoms with Crippen LogP contribution in [0.4, 0.5) is 0 Å². The summed E-state index contributed by atoms with van der Waals surface area (Å²) < 4.78 is 9.39. The monoisotopic (exact) mass is 256 g/mol. The molecule has 4 heteroatoms. The fourth-order valence-electron chi connectivity index (χ4n) is 1.84. The maximum absolute atomic E-state index is 11.7. The predicted octanol–water partition coefficient (Wildman–Crippen LogP) is 2.72. The first-order valence-electron chi connectivity index (χ1n) is 6.44. The fourth-order valence-corrected chi connectivity index (χ4v) is 1.84. The Labute approximate surface area is 109 Å². The number of allylic oxidation sites excluding steroid dienone is 2. The molecule has 0 rings (SSSR count). The van der Waals surface area contributed by atoms with Gasteiger partial charge in [0.15, 0.2) is 5.92 Å². The summed E-state index contributed by atoms with van der Waals surface area (Å²) in [6, 6.07) is 0. The third-order valence-electron chi connectivity index (χ3n) is 2.80. The van der Waals surface area contributed by atoms with Crippen molar-refractivity contribution >= 4 is 11.9 Å². The number of rotatable bonds is 8. The Morgan fingerprint density at radius 1 is 1.06 bits per heavy atom. The molecule has 0 radical (unpaired) electrons. The standard InChI is InChI=1S/C14H24O4/c1-5-7-8-10-11(9-6-2)12(13(15)17-3)14(16)18-4/h8,10-12H,5-7,9H2,1-4H3/b10-8+/t11-/m0/s1. The van der Waals surface area contributed by atoms with Gasteiger partial charge in [0.05, 0.1) is 14.2 Å². The molecule has 0 heterocycles. The van der Waals surface area contributed by atoms with Gasteiger partial charge in [0, 0.05) is 5.92 Å². The van der Waals surface area contributed by atoms with Gasteiger partial charge in [-0.2, -0.15) is 0 Å². The minimum Gasteiger partial charge on any atom is -0.468 e. The molecule has 0 aromatic heterocycles. The third kappa shape index (κ3) is 5.34. The van der Waals surface area contributed by atoms with Crippen molar-refractivity contribution in [1.29, 1.82) is 0 Å². The third-order valence-corrected chi connectivity index (χ3v) is 2.80. The van der Waals surface area contributed by atoms with E-state index in [9.17, 15) is 9.59 Å². The van der Waals surface area contributed by atoms with Gasteiger partial charge >= 0.3 is 11.9 Å². The largest absolute Gasteiger partial charge is 0.468 e. The van der Waals surface area contributed by atoms with Gasteiger partial charge in [0.25, 0.3) is 0 Å². The van der Waals surface area contributed by atoms with Gasteiger partial charge in [-0.15, -0.1) is 0 Å². The molecule has 0 aliphatic carbocycles. The van der Waals surface area contributed by atoms with Crippen LogP contribution in [0.3, 0.4) is 0 Å². The minimum absolute atomic E-state index is 0.151. The van der Waals surface area contributed by atoms with E-state index in [-0.39, 0.29) is 5.92 Å². The van der Waals surface area contributed by atoms with Crippen molar-refractivity contribution < 1.29 is 19.1 Å². The molecule has 0 aliphatic rings. The molecule has 4 nitrogen and oxygen atoms in total. The Morgan fingerprint density at radius 3 is 2.00 bits per heavy atom. The van der Waals surface area contributed by atoms with E-state index in [1.807, 2.05) is 19.1 Å². The zero-order valence-corrected chi connectivity index (χ0v) is 11.8.